The van der Waals surface area contributed by atoms with Gasteiger partial charge < -0.3 is 14.8 Å². The summed E-state index contributed by atoms with van der Waals surface area (Å²) in [5, 5.41) is 2.65. The lowest BCUT2D eigenvalue weighted by Crippen LogP contribution is -2.40. The summed E-state index contributed by atoms with van der Waals surface area (Å²) < 4.78 is 36.6. The molecule has 0 radical (unpaired) electrons. The van der Waals surface area contributed by atoms with E-state index in [4.69, 9.17) is 9.47 Å². The first-order chi connectivity index (χ1) is 11.5. The molecule has 0 unspecified atom stereocenters. The molecule has 126 valence electrons. The summed E-state index contributed by atoms with van der Waals surface area (Å²) in [4.78, 5) is 11.3. The van der Waals surface area contributed by atoms with Crippen molar-refractivity contribution in [2.75, 3.05) is 13.2 Å². The first-order valence-corrected chi connectivity index (χ1v) is 8.93. The Hall–Kier alpha value is -2.54. The minimum absolute atomic E-state index is 0.135. The molecule has 1 atom stereocenters. The minimum atomic E-state index is -3.62. The molecular formula is C17H17NO5S. The molecule has 3 rings (SSSR count). The van der Waals surface area contributed by atoms with Crippen molar-refractivity contribution in [3.8, 4) is 11.5 Å². The standard InChI is InChI=1S/C17H17NO5S/c1-12(19)18-10-13-11-22-16-8-7-15(9-17(16)23-13)24(20,21)14-5-3-2-4-6-14/h2-9,13H,10-11H2,1H3,(H,18,19)/t13-/m0/s1. The molecule has 1 amide bonds. The second kappa shape index (κ2) is 6.52. The molecule has 0 aliphatic carbocycles. The zero-order valence-corrected chi connectivity index (χ0v) is 13.9. The van der Waals surface area contributed by atoms with Gasteiger partial charge in [-0.3, -0.25) is 4.79 Å². The van der Waals surface area contributed by atoms with E-state index in [1.165, 1.54) is 19.1 Å². The summed E-state index contributed by atoms with van der Waals surface area (Å²) in [6.07, 6.45) is -0.365. The number of nitrogens with one attached hydrogen (secondary N) is 1. The molecule has 1 aliphatic heterocycles. The molecule has 1 aliphatic rings. The number of fused-ring (bicyclic) bond motifs is 1. The molecule has 0 spiro atoms. The summed E-state index contributed by atoms with van der Waals surface area (Å²) in [5.74, 6) is 0.680. The highest BCUT2D eigenvalue weighted by atomic mass is 32.2. The van der Waals surface area contributed by atoms with Crippen LogP contribution in [-0.2, 0) is 14.6 Å². The van der Waals surface area contributed by atoms with Crippen molar-refractivity contribution in [2.45, 2.75) is 22.8 Å². The fourth-order valence-corrected chi connectivity index (χ4v) is 3.65. The van der Waals surface area contributed by atoms with E-state index in [0.29, 0.717) is 18.0 Å². The third-order valence-corrected chi connectivity index (χ3v) is 5.34. The van der Waals surface area contributed by atoms with E-state index in [2.05, 4.69) is 5.32 Å². The Balaban J connectivity index is 1.86. The third kappa shape index (κ3) is 3.35. The van der Waals surface area contributed by atoms with Crippen LogP contribution in [0.25, 0.3) is 0 Å². The Morgan fingerprint density at radius 1 is 1.12 bits per heavy atom. The van der Waals surface area contributed by atoms with Crippen LogP contribution in [0.3, 0.4) is 0 Å². The monoisotopic (exact) mass is 347 g/mol. The zero-order valence-electron chi connectivity index (χ0n) is 13.1. The average molecular weight is 347 g/mol. The zero-order chi connectivity index (χ0) is 17.2. The number of hydrogen-bond acceptors (Lipinski definition) is 5. The summed E-state index contributed by atoms with van der Waals surface area (Å²) in [6.45, 7) is 2.00. The van der Waals surface area contributed by atoms with Crippen molar-refractivity contribution in [1.29, 1.82) is 0 Å². The Morgan fingerprint density at radius 3 is 2.58 bits per heavy atom. The summed E-state index contributed by atoms with van der Waals surface area (Å²) in [7, 11) is -3.62. The predicted molar refractivity (Wildman–Crippen MR) is 86.9 cm³/mol. The number of rotatable bonds is 4. The molecule has 7 heteroatoms. The maximum absolute atomic E-state index is 12.7. The molecular weight excluding hydrogens is 330 g/mol. The Bertz CT molecular complexity index is 849. The van der Waals surface area contributed by atoms with Crippen LogP contribution in [0.5, 0.6) is 11.5 Å². The topological polar surface area (TPSA) is 81.7 Å². The van der Waals surface area contributed by atoms with Crippen LogP contribution < -0.4 is 14.8 Å². The molecule has 0 bridgehead atoms. The van der Waals surface area contributed by atoms with Gasteiger partial charge in [0, 0.05) is 13.0 Å². The lowest BCUT2D eigenvalue weighted by Gasteiger charge is -2.26. The molecule has 6 nitrogen and oxygen atoms in total. The molecule has 1 N–H and O–H groups in total. The van der Waals surface area contributed by atoms with Crippen LogP contribution in [0.15, 0.2) is 58.3 Å². The van der Waals surface area contributed by atoms with Crippen molar-refractivity contribution in [3.63, 3.8) is 0 Å². The van der Waals surface area contributed by atoms with Crippen molar-refractivity contribution in [3.05, 3.63) is 48.5 Å². The van der Waals surface area contributed by atoms with Gasteiger partial charge in [0.25, 0.3) is 0 Å². The highest BCUT2D eigenvalue weighted by Crippen LogP contribution is 2.35. The second-order valence-corrected chi connectivity index (χ2v) is 7.36. The van der Waals surface area contributed by atoms with E-state index in [-0.39, 0.29) is 28.4 Å². The smallest absolute Gasteiger partial charge is 0.217 e. The van der Waals surface area contributed by atoms with Gasteiger partial charge in [-0.2, -0.15) is 0 Å². The normalized spacial score (nSPS) is 16.5. The van der Waals surface area contributed by atoms with Crippen LogP contribution in [-0.4, -0.2) is 33.6 Å². The van der Waals surface area contributed by atoms with E-state index in [1.807, 2.05) is 0 Å². The van der Waals surface area contributed by atoms with Crippen LogP contribution >= 0.6 is 0 Å². The highest BCUT2D eigenvalue weighted by Gasteiger charge is 2.25. The number of hydrogen-bond donors (Lipinski definition) is 1. The summed E-state index contributed by atoms with van der Waals surface area (Å²) >= 11 is 0. The van der Waals surface area contributed by atoms with Gasteiger partial charge in [0.1, 0.15) is 12.7 Å². The van der Waals surface area contributed by atoms with Gasteiger partial charge in [0.15, 0.2) is 11.5 Å². The number of carbonyl (C=O) groups excluding carboxylic acids is 1. The molecule has 2 aromatic carbocycles. The Labute approximate surface area is 140 Å². The average Bonchev–Trinajstić information content (AvgIpc) is 2.60. The van der Waals surface area contributed by atoms with Crippen molar-refractivity contribution < 1.29 is 22.7 Å². The number of ether oxygens (including phenoxy) is 2. The van der Waals surface area contributed by atoms with E-state index in [9.17, 15) is 13.2 Å². The van der Waals surface area contributed by atoms with Crippen LogP contribution in [0.2, 0.25) is 0 Å². The SMILES string of the molecule is CC(=O)NC[C@H]1COc2ccc(S(=O)(=O)c3ccccc3)cc2O1. The lowest BCUT2D eigenvalue weighted by atomic mass is 10.2. The third-order valence-electron chi connectivity index (χ3n) is 3.58. The molecule has 2 aromatic rings. The maximum atomic E-state index is 12.7. The largest absolute Gasteiger partial charge is 0.486 e. The van der Waals surface area contributed by atoms with Gasteiger partial charge in [0.05, 0.1) is 16.3 Å². The van der Waals surface area contributed by atoms with Crippen LogP contribution in [0, 0.1) is 0 Å². The van der Waals surface area contributed by atoms with E-state index < -0.39 is 9.84 Å². The summed E-state index contributed by atoms with van der Waals surface area (Å²) in [5.41, 5.74) is 0. The number of carbonyl (C=O) groups is 1. The van der Waals surface area contributed by atoms with Gasteiger partial charge in [0.2, 0.25) is 15.7 Å². The van der Waals surface area contributed by atoms with E-state index in [0.717, 1.165) is 0 Å². The Kier molecular flexibility index (Phi) is 4.44. The van der Waals surface area contributed by atoms with Crippen LogP contribution in [0.1, 0.15) is 6.92 Å². The predicted octanol–water partition coefficient (Wildman–Crippen LogP) is 1.80. The maximum Gasteiger partial charge on any atom is 0.217 e. The summed E-state index contributed by atoms with van der Waals surface area (Å²) in [6, 6.07) is 12.7. The molecule has 1 heterocycles. The van der Waals surface area contributed by atoms with Crippen molar-refractivity contribution in [2.24, 2.45) is 0 Å². The number of amides is 1. The van der Waals surface area contributed by atoms with Gasteiger partial charge in [-0.05, 0) is 24.3 Å². The number of sulfone groups is 1. The quantitative estimate of drug-likeness (QED) is 0.912. The molecule has 24 heavy (non-hydrogen) atoms. The minimum Gasteiger partial charge on any atom is -0.486 e. The molecule has 0 saturated carbocycles. The fraction of sp³-hybridized carbons (Fsp3) is 0.235. The fourth-order valence-electron chi connectivity index (χ4n) is 2.36. The number of benzene rings is 2. The van der Waals surface area contributed by atoms with Crippen molar-refractivity contribution >= 4 is 15.7 Å². The molecule has 0 aromatic heterocycles. The second-order valence-electron chi connectivity index (χ2n) is 5.41. The van der Waals surface area contributed by atoms with Crippen LogP contribution in [0.4, 0.5) is 0 Å². The van der Waals surface area contributed by atoms with Gasteiger partial charge in [-0.15, -0.1) is 0 Å². The highest BCUT2D eigenvalue weighted by molar-refractivity contribution is 7.91. The molecule has 0 fully saturated rings. The Morgan fingerprint density at radius 2 is 1.88 bits per heavy atom. The first kappa shape index (κ1) is 16.3. The van der Waals surface area contributed by atoms with E-state index in [1.54, 1.807) is 36.4 Å². The van der Waals surface area contributed by atoms with Gasteiger partial charge in [-0.25, -0.2) is 8.42 Å². The molecule has 0 saturated heterocycles. The van der Waals surface area contributed by atoms with Crippen molar-refractivity contribution in [1.82, 2.24) is 5.32 Å². The van der Waals surface area contributed by atoms with Gasteiger partial charge >= 0.3 is 0 Å². The lowest BCUT2D eigenvalue weighted by molar-refractivity contribution is -0.119. The van der Waals surface area contributed by atoms with Gasteiger partial charge in [-0.1, -0.05) is 18.2 Å². The van der Waals surface area contributed by atoms with E-state index >= 15 is 0 Å². The first-order valence-electron chi connectivity index (χ1n) is 7.45.